The minimum atomic E-state index is -2.80. The molecule has 1 N–H and O–H groups in total. The zero-order valence-electron chi connectivity index (χ0n) is 12.6. The molecule has 1 heterocycles. The number of hydrogen-bond donors (Lipinski definition) is 1. The predicted molar refractivity (Wildman–Crippen MR) is 83.8 cm³/mol. The highest BCUT2D eigenvalue weighted by molar-refractivity contribution is 7.91. The van der Waals surface area contributed by atoms with Gasteiger partial charge in [0.2, 0.25) is 0 Å². The van der Waals surface area contributed by atoms with Crippen molar-refractivity contribution in [1.82, 2.24) is 5.32 Å². The van der Waals surface area contributed by atoms with Crippen LogP contribution in [-0.2, 0) is 16.3 Å². The van der Waals surface area contributed by atoms with Gasteiger partial charge in [-0.25, -0.2) is 8.42 Å². The molecule has 2 unspecified atom stereocenters. The lowest BCUT2D eigenvalue weighted by molar-refractivity contribution is 0.351. The summed E-state index contributed by atoms with van der Waals surface area (Å²) in [5.41, 5.74) is 3.93. The van der Waals surface area contributed by atoms with E-state index < -0.39 is 9.84 Å². The summed E-state index contributed by atoms with van der Waals surface area (Å²) in [6.07, 6.45) is 1.79. The van der Waals surface area contributed by atoms with E-state index in [1.807, 2.05) is 7.05 Å². The average molecular weight is 295 g/mol. The molecule has 0 bridgehead atoms. The first-order valence-electron chi connectivity index (χ1n) is 7.32. The third-order valence-electron chi connectivity index (χ3n) is 4.39. The van der Waals surface area contributed by atoms with Gasteiger partial charge in [0.25, 0.3) is 0 Å². The normalized spacial score (nSPS) is 22.9. The molecular weight excluding hydrogens is 270 g/mol. The summed E-state index contributed by atoms with van der Waals surface area (Å²) in [4.78, 5) is 0. The van der Waals surface area contributed by atoms with Crippen molar-refractivity contribution in [3.8, 4) is 0 Å². The average Bonchev–Trinajstić information content (AvgIpc) is 2.73. The molecule has 2 atom stereocenters. The molecule has 0 radical (unpaired) electrons. The van der Waals surface area contributed by atoms with Crippen LogP contribution in [0.1, 0.15) is 23.1 Å². The zero-order chi connectivity index (χ0) is 14.8. The molecular formula is C16H25NO2S. The van der Waals surface area contributed by atoms with Crippen molar-refractivity contribution in [2.45, 2.75) is 26.7 Å². The topological polar surface area (TPSA) is 46.2 Å². The Kier molecular flexibility index (Phi) is 4.86. The fourth-order valence-electron chi connectivity index (χ4n) is 3.17. The third-order valence-corrected chi connectivity index (χ3v) is 6.18. The Morgan fingerprint density at radius 3 is 2.70 bits per heavy atom. The number of hydrogen-bond acceptors (Lipinski definition) is 3. The summed E-state index contributed by atoms with van der Waals surface area (Å²) in [6, 6.07) is 6.53. The Hall–Kier alpha value is -0.870. The number of aryl methyl sites for hydroxylation is 2. The number of benzene rings is 1. The molecule has 112 valence electrons. The van der Waals surface area contributed by atoms with Crippen LogP contribution >= 0.6 is 0 Å². The van der Waals surface area contributed by atoms with Crippen LogP contribution < -0.4 is 5.32 Å². The Labute approximate surface area is 122 Å². The van der Waals surface area contributed by atoms with E-state index in [4.69, 9.17) is 0 Å². The fourth-order valence-corrected chi connectivity index (χ4v) is 5.09. The van der Waals surface area contributed by atoms with Crippen molar-refractivity contribution >= 4 is 9.84 Å². The van der Waals surface area contributed by atoms with Crippen LogP contribution in [0.2, 0.25) is 0 Å². The van der Waals surface area contributed by atoms with Gasteiger partial charge < -0.3 is 5.32 Å². The molecule has 4 heteroatoms. The molecule has 20 heavy (non-hydrogen) atoms. The summed E-state index contributed by atoms with van der Waals surface area (Å²) in [6.45, 7) is 5.13. The number of nitrogens with one attached hydrogen (secondary N) is 1. The molecule has 3 nitrogen and oxygen atoms in total. The molecule has 0 spiro atoms. The van der Waals surface area contributed by atoms with E-state index >= 15 is 0 Å². The number of sulfone groups is 1. The largest absolute Gasteiger partial charge is 0.319 e. The Morgan fingerprint density at radius 1 is 1.35 bits per heavy atom. The maximum Gasteiger partial charge on any atom is 0.150 e. The van der Waals surface area contributed by atoms with Crippen molar-refractivity contribution in [2.24, 2.45) is 11.8 Å². The van der Waals surface area contributed by atoms with Gasteiger partial charge in [-0.2, -0.15) is 0 Å². The summed E-state index contributed by atoms with van der Waals surface area (Å²) in [5.74, 6) is 1.43. The standard InChI is InChI=1S/C16H25NO2S/c1-12-4-5-13(2)15(8-12)9-16(10-17-3)14-6-7-20(18,19)11-14/h4-5,8,14,16-17H,6-7,9-11H2,1-3H3. The molecule has 1 aromatic rings. The highest BCUT2D eigenvalue weighted by atomic mass is 32.2. The van der Waals surface area contributed by atoms with Gasteiger partial charge in [-0.3, -0.25) is 0 Å². The van der Waals surface area contributed by atoms with Crippen LogP contribution in [0.25, 0.3) is 0 Å². The van der Waals surface area contributed by atoms with E-state index in [1.54, 1.807) is 0 Å². The van der Waals surface area contributed by atoms with Gasteiger partial charge in [0, 0.05) is 0 Å². The first-order valence-corrected chi connectivity index (χ1v) is 9.14. The summed E-state index contributed by atoms with van der Waals surface area (Å²) >= 11 is 0. The molecule has 1 aliphatic rings. The second-order valence-corrected chi connectivity index (χ2v) is 8.34. The van der Waals surface area contributed by atoms with Crippen molar-refractivity contribution < 1.29 is 8.42 Å². The van der Waals surface area contributed by atoms with Crippen molar-refractivity contribution in [3.05, 3.63) is 34.9 Å². The molecule has 1 saturated heterocycles. The van der Waals surface area contributed by atoms with Crippen LogP contribution in [0, 0.1) is 25.7 Å². The Balaban J connectivity index is 2.15. The van der Waals surface area contributed by atoms with E-state index in [1.165, 1.54) is 16.7 Å². The molecule has 0 amide bonds. The van der Waals surface area contributed by atoms with Gasteiger partial charge in [-0.15, -0.1) is 0 Å². The second kappa shape index (κ2) is 6.27. The minimum absolute atomic E-state index is 0.298. The summed E-state index contributed by atoms with van der Waals surface area (Å²) in [5, 5.41) is 3.23. The highest BCUT2D eigenvalue weighted by Crippen LogP contribution is 2.29. The van der Waals surface area contributed by atoms with E-state index in [-0.39, 0.29) is 0 Å². The van der Waals surface area contributed by atoms with Crippen LogP contribution in [-0.4, -0.2) is 33.5 Å². The van der Waals surface area contributed by atoms with Crippen LogP contribution in [0.3, 0.4) is 0 Å². The lowest BCUT2D eigenvalue weighted by Gasteiger charge is -2.23. The smallest absolute Gasteiger partial charge is 0.150 e. The summed E-state index contributed by atoms with van der Waals surface area (Å²) in [7, 11) is -0.853. The quantitative estimate of drug-likeness (QED) is 0.905. The third kappa shape index (κ3) is 3.83. The fraction of sp³-hybridized carbons (Fsp3) is 0.625. The molecule has 1 aliphatic heterocycles. The van der Waals surface area contributed by atoms with Gasteiger partial charge in [-0.1, -0.05) is 23.8 Å². The predicted octanol–water partition coefficient (Wildman–Crippen LogP) is 2.12. The van der Waals surface area contributed by atoms with Gasteiger partial charge in [0.1, 0.15) is 0 Å². The molecule has 0 aliphatic carbocycles. The Bertz CT molecular complexity index is 566. The first kappa shape index (κ1) is 15.5. The van der Waals surface area contributed by atoms with Crippen molar-refractivity contribution in [3.63, 3.8) is 0 Å². The Morgan fingerprint density at radius 2 is 2.10 bits per heavy atom. The molecule has 1 aromatic carbocycles. The van der Waals surface area contributed by atoms with Gasteiger partial charge >= 0.3 is 0 Å². The SMILES string of the molecule is CNCC(Cc1cc(C)ccc1C)C1CCS(=O)(=O)C1. The van der Waals surface area contributed by atoms with Crippen LogP contribution in [0.15, 0.2) is 18.2 Å². The van der Waals surface area contributed by atoms with Crippen LogP contribution in [0.4, 0.5) is 0 Å². The van der Waals surface area contributed by atoms with Crippen LogP contribution in [0.5, 0.6) is 0 Å². The van der Waals surface area contributed by atoms with Gasteiger partial charge in [0.05, 0.1) is 11.5 Å². The van der Waals surface area contributed by atoms with E-state index in [0.29, 0.717) is 23.3 Å². The first-order chi connectivity index (χ1) is 9.41. The lowest BCUT2D eigenvalue weighted by Crippen LogP contribution is -2.29. The zero-order valence-corrected chi connectivity index (χ0v) is 13.5. The minimum Gasteiger partial charge on any atom is -0.319 e. The molecule has 0 aromatic heterocycles. The van der Waals surface area contributed by atoms with Crippen molar-refractivity contribution in [2.75, 3.05) is 25.1 Å². The highest BCUT2D eigenvalue weighted by Gasteiger charge is 2.33. The maximum atomic E-state index is 11.7. The van der Waals surface area contributed by atoms with Gasteiger partial charge in [-0.05, 0) is 63.2 Å². The molecule has 2 rings (SSSR count). The molecule has 1 fully saturated rings. The van der Waals surface area contributed by atoms with E-state index in [0.717, 1.165) is 19.4 Å². The second-order valence-electron chi connectivity index (χ2n) is 6.11. The van der Waals surface area contributed by atoms with E-state index in [2.05, 4.69) is 37.4 Å². The lowest BCUT2D eigenvalue weighted by atomic mass is 9.85. The maximum absolute atomic E-state index is 11.7. The van der Waals surface area contributed by atoms with Crippen molar-refractivity contribution in [1.29, 1.82) is 0 Å². The summed E-state index contributed by atoms with van der Waals surface area (Å²) < 4.78 is 23.4. The van der Waals surface area contributed by atoms with Gasteiger partial charge in [0.15, 0.2) is 9.84 Å². The van der Waals surface area contributed by atoms with E-state index in [9.17, 15) is 8.42 Å². The monoisotopic (exact) mass is 295 g/mol. The number of rotatable bonds is 5. The molecule has 0 saturated carbocycles.